The lowest BCUT2D eigenvalue weighted by atomic mass is 9.98. The van der Waals surface area contributed by atoms with Crippen LogP contribution >= 0.6 is 0 Å². The second-order valence-electron chi connectivity index (χ2n) is 6.97. The summed E-state index contributed by atoms with van der Waals surface area (Å²) >= 11 is 0. The van der Waals surface area contributed by atoms with Crippen molar-refractivity contribution in [3.8, 4) is 5.75 Å². The molecule has 2 heterocycles. The molecule has 2 atom stereocenters. The fourth-order valence-electron chi connectivity index (χ4n) is 3.66. The van der Waals surface area contributed by atoms with E-state index in [4.69, 9.17) is 9.73 Å². The third-order valence-electron chi connectivity index (χ3n) is 5.18. The number of aromatic hydroxyl groups is 1. The van der Waals surface area contributed by atoms with Gasteiger partial charge in [0.05, 0.1) is 25.5 Å². The molecule has 0 saturated carbocycles. The number of benzene rings is 1. The summed E-state index contributed by atoms with van der Waals surface area (Å²) in [7, 11) is 0. The van der Waals surface area contributed by atoms with E-state index < -0.39 is 0 Å². The molecule has 2 aromatic rings. The van der Waals surface area contributed by atoms with Crippen LogP contribution in [0.2, 0.25) is 0 Å². The molecule has 3 rings (SSSR count). The van der Waals surface area contributed by atoms with E-state index in [0.29, 0.717) is 16.8 Å². The van der Waals surface area contributed by atoms with E-state index in [9.17, 15) is 10.2 Å². The highest BCUT2D eigenvalue weighted by Gasteiger charge is 2.31. The number of hydrogen-bond donors (Lipinski definition) is 3. The van der Waals surface area contributed by atoms with Gasteiger partial charge in [-0.05, 0) is 13.8 Å². The third kappa shape index (κ3) is 4.53. The van der Waals surface area contributed by atoms with E-state index in [0.717, 1.165) is 26.3 Å². The van der Waals surface area contributed by atoms with E-state index in [-0.39, 0.29) is 24.4 Å². The third-order valence-corrected chi connectivity index (χ3v) is 5.18. The van der Waals surface area contributed by atoms with Crippen LogP contribution in [0, 0.1) is 6.92 Å². The molecular formula is C21H28N3O3+. The van der Waals surface area contributed by atoms with Crippen LogP contribution in [0.5, 0.6) is 5.75 Å². The predicted molar refractivity (Wildman–Crippen MR) is 104 cm³/mol. The van der Waals surface area contributed by atoms with Crippen LogP contribution in [-0.4, -0.2) is 53.8 Å². The van der Waals surface area contributed by atoms with Crippen molar-refractivity contribution in [3.63, 3.8) is 0 Å². The molecule has 1 fully saturated rings. The molecule has 1 aliphatic rings. The molecular weight excluding hydrogens is 342 g/mol. The molecule has 0 bridgehead atoms. The number of aryl methyl sites for hydroxylation is 1. The van der Waals surface area contributed by atoms with Crippen LogP contribution in [0.15, 0.2) is 41.5 Å². The minimum absolute atomic E-state index is 0.0000794. The highest BCUT2D eigenvalue weighted by atomic mass is 16.5. The Morgan fingerprint density at radius 2 is 1.96 bits per heavy atom. The molecule has 1 aliphatic heterocycles. The lowest BCUT2D eigenvalue weighted by Crippen LogP contribution is -3.15. The van der Waals surface area contributed by atoms with E-state index in [1.54, 1.807) is 19.3 Å². The van der Waals surface area contributed by atoms with Gasteiger partial charge in [0.1, 0.15) is 30.9 Å². The Morgan fingerprint density at radius 3 is 2.63 bits per heavy atom. The Kier molecular flexibility index (Phi) is 6.55. The normalized spacial score (nSPS) is 17.9. The second-order valence-corrected chi connectivity index (χ2v) is 6.97. The highest BCUT2D eigenvalue weighted by Crippen LogP contribution is 2.23. The van der Waals surface area contributed by atoms with Crippen LogP contribution in [0.4, 0.5) is 0 Å². The number of rotatable bonds is 6. The maximum atomic E-state index is 10.3. The quantitative estimate of drug-likeness (QED) is 0.664. The van der Waals surface area contributed by atoms with E-state index in [2.05, 4.69) is 36.2 Å². The fraction of sp³-hybridized carbons (Fsp3) is 0.429. The summed E-state index contributed by atoms with van der Waals surface area (Å²) in [5.41, 5.74) is 2.89. The molecule has 0 unspecified atom stereocenters. The van der Waals surface area contributed by atoms with Gasteiger partial charge < -0.3 is 19.8 Å². The first-order valence-electron chi connectivity index (χ1n) is 9.40. The van der Waals surface area contributed by atoms with Crippen LogP contribution in [0.1, 0.15) is 35.3 Å². The molecule has 144 valence electrons. The van der Waals surface area contributed by atoms with Gasteiger partial charge in [-0.3, -0.25) is 9.98 Å². The van der Waals surface area contributed by atoms with E-state index in [1.165, 1.54) is 10.5 Å². The Morgan fingerprint density at radius 1 is 1.26 bits per heavy atom. The number of quaternary nitrogens is 1. The molecule has 6 nitrogen and oxygen atoms in total. The number of hydrogen-bond acceptors (Lipinski definition) is 5. The number of nitrogens with zero attached hydrogens (tertiary/aromatic N) is 2. The number of morpholine rings is 1. The smallest absolute Gasteiger partial charge is 0.145 e. The molecule has 0 spiro atoms. The first-order valence-corrected chi connectivity index (χ1v) is 9.40. The van der Waals surface area contributed by atoms with Gasteiger partial charge in [0, 0.05) is 29.1 Å². The van der Waals surface area contributed by atoms with Gasteiger partial charge in [-0.25, -0.2) is 0 Å². The first-order chi connectivity index (χ1) is 13.1. The van der Waals surface area contributed by atoms with Crippen molar-refractivity contribution in [3.05, 3.63) is 58.9 Å². The minimum Gasteiger partial charge on any atom is -0.505 e. The maximum Gasteiger partial charge on any atom is 0.145 e. The van der Waals surface area contributed by atoms with Crippen molar-refractivity contribution in [1.82, 2.24) is 4.98 Å². The summed E-state index contributed by atoms with van der Waals surface area (Å²) in [6, 6.07) is 10.6. The predicted octanol–water partition coefficient (Wildman–Crippen LogP) is 1.05. The topological polar surface area (TPSA) is 79.4 Å². The molecule has 0 aliphatic carbocycles. The Balaban J connectivity index is 1.90. The summed E-state index contributed by atoms with van der Waals surface area (Å²) in [6.45, 7) is 7.06. The molecule has 0 amide bonds. The molecule has 1 saturated heterocycles. The molecule has 0 radical (unpaired) electrons. The highest BCUT2D eigenvalue weighted by molar-refractivity contribution is 5.85. The zero-order valence-electron chi connectivity index (χ0n) is 15.9. The number of ether oxygens (including phenoxy) is 1. The van der Waals surface area contributed by atoms with Gasteiger partial charge in [0.15, 0.2) is 0 Å². The van der Waals surface area contributed by atoms with Gasteiger partial charge in [-0.15, -0.1) is 0 Å². The summed E-state index contributed by atoms with van der Waals surface area (Å²) in [5, 5.41) is 19.9. The number of aliphatic imine (C=N–C) groups is 1. The number of aliphatic hydroxyl groups is 1. The second kappa shape index (κ2) is 9.08. The van der Waals surface area contributed by atoms with Gasteiger partial charge in [0.25, 0.3) is 0 Å². The maximum absolute atomic E-state index is 10.3. The molecule has 27 heavy (non-hydrogen) atoms. The van der Waals surface area contributed by atoms with Crippen molar-refractivity contribution in [2.45, 2.75) is 32.5 Å². The number of aliphatic hydroxyl groups excluding tert-OH is 1. The zero-order valence-corrected chi connectivity index (χ0v) is 15.9. The molecule has 1 aromatic carbocycles. The van der Waals surface area contributed by atoms with Crippen molar-refractivity contribution in [2.24, 2.45) is 4.99 Å². The molecule has 6 heteroatoms. The number of nitrogens with one attached hydrogen (secondary N) is 1. The summed E-state index contributed by atoms with van der Waals surface area (Å²) in [4.78, 5) is 10.3. The fourth-order valence-corrected chi connectivity index (χ4v) is 3.66. The van der Waals surface area contributed by atoms with Crippen LogP contribution in [0.3, 0.4) is 0 Å². The van der Waals surface area contributed by atoms with Crippen molar-refractivity contribution >= 4 is 6.21 Å². The minimum atomic E-state index is -0.187. The van der Waals surface area contributed by atoms with E-state index >= 15 is 0 Å². The van der Waals surface area contributed by atoms with Crippen LogP contribution in [0.25, 0.3) is 0 Å². The summed E-state index contributed by atoms with van der Waals surface area (Å²) in [5.74, 6) is 0.0764. The first kappa shape index (κ1) is 19.5. The summed E-state index contributed by atoms with van der Waals surface area (Å²) < 4.78 is 5.53. The largest absolute Gasteiger partial charge is 0.505 e. The molecule has 3 N–H and O–H groups in total. The average Bonchev–Trinajstić information content (AvgIpc) is 2.71. The van der Waals surface area contributed by atoms with Gasteiger partial charge in [0.2, 0.25) is 0 Å². The lowest BCUT2D eigenvalue weighted by molar-refractivity contribution is -0.940. The Hall–Kier alpha value is -2.28. The van der Waals surface area contributed by atoms with Gasteiger partial charge in [-0.1, -0.05) is 30.3 Å². The SMILES string of the molecule is Cc1ncc(CO)c(C=N[C@H](C)[C@@H](c2ccccc2)[NH+]2CCOCC2)c1O. The van der Waals surface area contributed by atoms with E-state index in [1.807, 2.05) is 6.07 Å². The lowest BCUT2D eigenvalue weighted by Gasteiger charge is -2.33. The van der Waals surface area contributed by atoms with Crippen molar-refractivity contribution < 1.29 is 19.8 Å². The standard InChI is InChI=1S/C21H27N3O3/c1-15(23-13-19-18(14-25)12-22-16(2)21(19)26)20(17-6-4-3-5-7-17)24-8-10-27-11-9-24/h3-7,12-13,15,20,25-26H,8-11,14H2,1-2H3/p+1/t15-,20+/m1/s1. The van der Waals surface area contributed by atoms with Crippen LogP contribution < -0.4 is 4.90 Å². The Labute approximate surface area is 160 Å². The summed E-state index contributed by atoms with van der Waals surface area (Å²) in [6.07, 6.45) is 3.26. The van der Waals surface area contributed by atoms with Crippen molar-refractivity contribution in [2.75, 3.05) is 26.3 Å². The number of pyridine rings is 1. The Bertz CT molecular complexity index is 774. The zero-order chi connectivity index (χ0) is 19.2. The average molecular weight is 370 g/mol. The monoisotopic (exact) mass is 370 g/mol. The molecule has 1 aromatic heterocycles. The van der Waals surface area contributed by atoms with Crippen LogP contribution in [-0.2, 0) is 11.3 Å². The number of aromatic nitrogens is 1. The van der Waals surface area contributed by atoms with Gasteiger partial charge >= 0.3 is 0 Å². The van der Waals surface area contributed by atoms with Gasteiger partial charge in [-0.2, -0.15) is 0 Å². The van der Waals surface area contributed by atoms with Crippen molar-refractivity contribution in [1.29, 1.82) is 0 Å².